The monoisotopic (exact) mass is 272 g/mol. The molecule has 18 heavy (non-hydrogen) atoms. The van der Waals surface area contributed by atoms with Crippen molar-refractivity contribution in [2.45, 2.75) is 18.2 Å². The summed E-state index contributed by atoms with van der Waals surface area (Å²) in [4.78, 5) is 11.3. The number of amides is 2. The van der Waals surface area contributed by atoms with E-state index in [0.717, 1.165) is 5.56 Å². The van der Waals surface area contributed by atoms with Gasteiger partial charge < -0.3 is 10.4 Å². The number of sulfonamides is 1. The molecule has 1 aromatic carbocycles. The minimum atomic E-state index is -3.84. The van der Waals surface area contributed by atoms with E-state index in [4.69, 9.17) is 5.11 Å². The second kappa shape index (κ2) is 6.36. The lowest BCUT2D eigenvalue weighted by Crippen LogP contribution is -2.39. The zero-order valence-electron chi connectivity index (χ0n) is 10.0. The molecule has 0 atom stereocenters. The van der Waals surface area contributed by atoms with Crippen molar-refractivity contribution in [3.63, 3.8) is 0 Å². The highest BCUT2D eigenvalue weighted by atomic mass is 32.2. The summed E-state index contributed by atoms with van der Waals surface area (Å²) in [6, 6.07) is 5.36. The number of carbonyl (C=O) groups excluding carboxylic acids is 1. The lowest BCUT2D eigenvalue weighted by Gasteiger charge is -2.08. The molecule has 0 saturated carbocycles. The van der Waals surface area contributed by atoms with Crippen LogP contribution in [0.3, 0.4) is 0 Å². The van der Waals surface area contributed by atoms with Crippen molar-refractivity contribution in [3.8, 4) is 0 Å². The van der Waals surface area contributed by atoms with Gasteiger partial charge in [0.05, 0.1) is 4.90 Å². The standard InChI is InChI=1S/C11H16N2O4S/c1-9-3-5-10(6-4-9)18(16,17)13-11(15)12-7-2-8-14/h3-6,14H,2,7-8H2,1H3,(H2,12,13,15). The van der Waals surface area contributed by atoms with Crippen molar-refractivity contribution >= 4 is 16.1 Å². The molecule has 3 N–H and O–H groups in total. The average molecular weight is 272 g/mol. The highest BCUT2D eigenvalue weighted by molar-refractivity contribution is 7.90. The Kier molecular flexibility index (Phi) is 5.11. The molecule has 0 aliphatic carbocycles. The number of carbonyl (C=O) groups is 1. The molecule has 0 fully saturated rings. The van der Waals surface area contributed by atoms with Crippen LogP contribution in [0.25, 0.3) is 0 Å². The first-order chi connectivity index (χ1) is 8.45. The molecule has 0 saturated heterocycles. The summed E-state index contributed by atoms with van der Waals surface area (Å²) in [6.45, 7) is 1.99. The third kappa shape index (κ3) is 4.34. The SMILES string of the molecule is Cc1ccc(S(=O)(=O)NC(=O)NCCCO)cc1. The Hall–Kier alpha value is -1.60. The van der Waals surface area contributed by atoms with E-state index in [1.807, 2.05) is 11.6 Å². The zero-order chi connectivity index (χ0) is 13.6. The first-order valence-electron chi connectivity index (χ1n) is 5.44. The fourth-order valence-corrected chi connectivity index (χ4v) is 2.14. The number of aliphatic hydroxyl groups excluding tert-OH is 1. The van der Waals surface area contributed by atoms with E-state index >= 15 is 0 Å². The van der Waals surface area contributed by atoms with E-state index < -0.39 is 16.1 Å². The van der Waals surface area contributed by atoms with Gasteiger partial charge in [-0.25, -0.2) is 17.9 Å². The Bertz CT molecular complexity index is 496. The van der Waals surface area contributed by atoms with Gasteiger partial charge >= 0.3 is 6.03 Å². The molecule has 0 unspecified atom stereocenters. The molecule has 7 heteroatoms. The Morgan fingerprint density at radius 1 is 1.28 bits per heavy atom. The summed E-state index contributed by atoms with van der Waals surface area (Å²) < 4.78 is 25.4. The molecule has 0 aliphatic rings. The second-order valence-electron chi connectivity index (χ2n) is 3.75. The first-order valence-corrected chi connectivity index (χ1v) is 6.92. The predicted octanol–water partition coefficient (Wildman–Crippen LogP) is 0.365. The van der Waals surface area contributed by atoms with Crippen LogP contribution in [0.2, 0.25) is 0 Å². The zero-order valence-corrected chi connectivity index (χ0v) is 10.8. The largest absolute Gasteiger partial charge is 0.396 e. The van der Waals surface area contributed by atoms with E-state index in [0.29, 0.717) is 6.42 Å². The molecule has 0 bridgehead atoms. The van der Waals surface area contributed by atoms with Crippen molar-refractivity contribution < 1.29 is 18.3 Å². The van der Waals surface area contributed by atoms with Crippen molar-refractivity contribution in [2.75, 3.05) is 13.2 Å². The number of urea groups is 1. The van der Waals surface area contributed by atoms with Crippen LogP contribution in [0.5, 0.6) is 0 Å². The molecule has 100 valence electrons. The molecule has 0 heterocycles. The summed E-state index contributed by atoms with van der Waals surface area (Å²) in [5, 5.41) is 10.9. The molecule has 1 rings (SSSR count). The molecular formula is C11H16N2O4S. The number of rotatable bonds is 5. The molecule has 6 nitrogen and oxygen atoms in total. The Morgan fingerprint density at radius 3 is 2.44 bits per heavy atom. The van der Waals surface area contributed by atoms with Gasteiger partial charge in [0.15, 0.2) is 0 Å². The van der Waals surface area contributed by atoms with Gasteiger partial charge in [-0.05, 0) is 25.5 Å². The highest BCUT2D eigenvalue weighted by Crippen LogP contribution is 2.09. The highest BCUT2D eigenvalue weighted by Gasteiger charge is 2.16. The average Bonchev–Trinajstić information content (AvgIpc) is 2.29. The van der Waals surface area contributed by atoms with E-state index in [1.165, 1.54) is 12.1 Å². The molecule has 0 spiro atoms. The maximum absolute atomic E-state index is 11.8. The number of nitrogens with one attached hydrogen (secondary N) is 2. The smallest absolute Gasteiger partial charge is 0.328 e. The van der Waals surface area contributed by atoms with Crippen LogP contribution >= 0.6 is 0 Å². The van der Waals surface area contributed by atoms with Gasteiger partial charge in [-0.3, -0.25) is 0 Å². The predicted molar refractivity (Wildman–Crippen MR) is 66.6 cm³/mol. The molecule has 0 aromatic heterocycles. The van der Waals surface area contributed by atoms with Crippen LogP contribution < -0.4 is 10.0 Å². The van der Waals surface area contributed by atoms with Crippen molar-refractivity contribution in [2.24, 2.45) is 0 Å². The van der Waals surface area contributed by atoms with Gasteiger partial charge in [0.1, 0.15) is 0 Å². The summed E-state index contributed by atoms with van der Waals surface area (Å²) in [6.07, 6.45) is 0.373. The number of hydrogen-bond donors (Lipinski definition) is 3. The Balaban J connectivity index is 2.64. The van der Waals surface area contributed by atoms with Crippen LogP contribution in [0.15, 0.2) is 29.2 Å². The molecule has 0 aliphatic heterocycles. The molecule has 1 aromatic rings. The Labute approximate surface area is 106 Å². The number of aryl methyl sites for hydroxylation is 1. The Morgan fingerprint density at radius 2 is 1.89 bits per heavy atom. The van der Waals surface area contributed by atoms with E-state index in [-0.39, 0.29) is 18.0 Å². The van der Waals surface area contributed by atoms with Gasteiger partial charge in [-0.2, -0.15) is 0 Å². The molecule has 0 radical (unpaired) electrons. The normalized spacial score (nSPS) is 11.0. The minimum absolute atomic E-state index is 0.0328. The molecular weight excluding hydrogens is 256 g/mol. The fraction of sp³-hybridized carbons (Fsp3) is 0.364. The van der Waals surface area contributed by atoms with Gasteiger partial charge in [0, 0.05) is 13.2 Å². The summed E-state index contributed by atoms with van der Waals surface area (Å²) >= 11 is 0. The van der Waals surface area contributed by atoms with E-state index in [9.17, 15) is 13.2 Å². The van der Waals surface area contributed by atoms with Crippen LogP contribution in [-0.4, -0.2) is 32.7 Å². The second-order valence-corrected chi connectivity index (χ2v) is 5.43. The van der Waals surface area contributed by atoms with Gasteiger partial charge in [0.25, 0.3) is 10.0 Å². The van der Waals surface area contributed by atoms with Crippen molar-refractivity contribution in [1.82, 2.24) is 10.0 Å². The quantitative estimate of drug-likeness (QED) is 0.675. The topological polar surface area (TPSA) is 95.5 Å². The number of hydrogen-bond acceptors (Lipinski definition) is 4. The van der Waals surface area contributed by atoms with Gasteiger partial charge in [-0.1, -0.05) is 17.7 Å². The summed E-state index contributed by atoms with van der Waals surface area (Å²) in [5.41, 5.74) is 0.932. The molecule has 2 amide bonds. The van der Waals surface area contributed by atoms with Crippen LogP contribution in [-0.2, 0) is 10.0 Å². The maximum Gasteiger partial charge on any atom is 0.328 e. The number of aliphatic hydroxyl groups is 1. The van der Waals surface area contributed by atoms with Crippen molar-refractivity contribution in [1.29, 1.82) is 0 Å². The van der Waals surface area contributed by atoms with E-state index in [1.54, 1.807) is 12.1 Å². The van der Waals surface area contributed by atoms with Gasteiger partial charge in [0.2, 0.25) is 0 Å². The maximum atomic E-state index is 11.8. The lowest BCUT2D eigenvalue weighted by atomic mass is 10.2. The van der Waals surface area contributed by atoms with Crippen molar-refractivity contribution in [3.05, 3.63) is 29.8 Å². The third-order valence-electron chi connectivity index (χ3n) is 2.18. The van der Waals surface area contributed by atoms with Gasteiger partial charge in [-0.15, -0.1) is 0 Å². The summed E-state index contributed by atoms with van der Waals surface area (Å²) in [5.74, 6) is 0. The lowest BCUT2D eigenvalue weighted by molar-refractivity contribution is 0.243. The fourth-order valence-electron chi connectivity index (χ4n) is 1.22. The summed E-state index contributed by atoms with van der Waals surface area (Å²) in [7, 11) is -3.84. The van der Waals surface area contributed by atoms with Crippen LogP contribution in [0, 0.1) is 6.92 Å². The number of benzene rings is 1. The van der Waals surface area contributed by atoms with E-state index in [2.05, 4.69) is 5.32 Å². The minimum Gasteiger partial charge on any atom is -0.396 e. The first kappa shape index (κ1) is 14.5. The third-order valence-corrected chi connectivity index (χ3v) is 3.53. The van der Waals surface area contributed by atoms with Crippen LogP contribution in [0.1, 0.15) is 12.0 Å². The van der Waals surface area contributed by atoms with Crippen LogP contribution in [0.4, 0.5) is 4.79 Å².